The Morgan fingerprint density at radius 1 is 1.29 bits per heavy atom. The van der Waals surface area contributed by atoms with Crippen molar-refractivity contribution in [3.63, 3.8) is 0 Å². The van der Waals surface area contributed by atoms with E-state index >= 15 is 0 Å². The Labute approximate surface area is 123 Å². The maximum Gasteiger partial charge on any atom is 0.340 e. The van der Waals surface area contributed by atoms with Crippen LogP contribution in [0.3, 0.4) is 0 Å². The molecule has 0 spiro atoms. The molecule has 0 amide bonds. The van der Waals surface area contributed by atoms with Crippen molar-refractivity contribution < 1.29 is 23.4 Å². The molecule has 1 aromatic rings. The third-order valence-electron chi connectivity index (χ3n) is 3.98. The van der Waals surface area contributed by atoms with Crippen molar-refractivity contribution in [2.45, 2.75) is 26.7 Å². The quantitative estimate of drug-likeness (QED) is 0.760. The van der Waals surface area contributed by atoms with E-state index in [9.17, 15) is 18.7 Å². The summed E-state index contributed by atoms with van der Waals surface area (Å²) < 4.78 is 32.1. The van der Waals surface area contributed by atoms with Crippen LogP contribution in [0.15, 0.2) is 12.1 Å². The van der Waals surface area contributed by atoms with Crippen LogP contribution in [0.4, 0.5) is 14.5 Å². The van der Waals surface area contributed by atoms with Gasteiger partial charge >= 0.3 is 5.97 Å². The maximum absolute atomic E-state index is 13.9. The number of hydrogen-bond donors (Lipinski definition) is 2. The summed E-state index contributed by atoms with van der Waals surface area (Å²) in [6.45, 7) is 4.12. The topological polar surface area (TPSA) is 58.6 Å². The highest BCUT2D eigenvalue weighted by Gasteiger charge is 2.26. The van der Waals surface area contributed by atoms with Gasteiger partial charge in [0.1, 0.15) is 0 Å². The van der Waals surface area contributed by atoms with Crippen LogP contribution in [0.2, 0.25) is 0 Å². The van der Waals surface area contributed by atoms with Crippen LogP contribution in [-0.4, -0.2) is 31.3 Å². The SMILES string of the molecule is CCC(CC)(CO)CNc1ccc(C(=O)OC)c(F)c1F. The van der Waals surface area contributed by atoms with E-state index in [-0.39, 0.29) is 17.7 Å². The number of hydrogen-bond acceptors (Lipinski definition) is 4. The number of benzene rings is 1. The van der Waals surface area contributed by atoms with E-state index in [1.54, 1.807) is 0 Å². The Balaban J connectivity index is 2.96. The summed E-state index contributed by atoms with van der Waals surface area (Å²) in [4.78, 5) is 11.3. The lowest BCUT2D eigenvalue weighted by molar-refractivity contribution is 0.0594. The normalized spacial score (nSPS) is 11.3. The van der Waals surface area contributed by atoms with Crippen molar-refractivity contribution in [1.29, 1.82) is 0 Å². The van der Waals surface area contributed by atoms with Gasteiger partial charge < -0.3 is 15.2 Å². The van der Waals surface area contributed by atoms with E-state index in [4.69, 9.17) is 0 Å². The Morgan fingerprint density at radius 2 is 1.90 bits per heavy atom. The van der Waals surface area contributed by atoms with E-state index in [2.05, 4.69) is 10.1 Å². The summed E-state index contributed by atoms with van der Waals surface area (Å²) in [5, 5.41) is 12.3. The molecule has 0 atom stereocenters. The number of aliphatic hydroxyl groups excluding tert-OH is 1. The van der Waals surface area contributed by atoms with E-state index in [0.29, 0.717) is 19.4 Å². The van der Waals surface area contributed by atoms with Gasteiger partial charge in [0.15, 0.2) is 11.6 Å². The van der Waals surface area contributed by atoms with Gasteiger partial charge in [-0.25, -0.2) is 13.6 Å². The fourth-order valence-electron chi connectivity index (χ4n) is 2.02. The summed E-state index contributed by atoms with van der Waals surface area (Å²) in [6.07, 6.45) is 1.41. The summed E-state index contributed by atoms with van der Waals surface area (Å²) in [5.41, 5.74) is -0.871. The number of carbonyl (C=O) groups is 1. The van der Waals surface area contributed by atoms with Gasteiger partial charge in [0, 0.05) is 12.0 Å². The molecule has 21 heavy (non-hydrogen) atoms. The molecule has 6 heteroatoms. The minimum atomic E-state index is -1.24. The van der Waals surface area contributed by atoms with Crippen molar-refractivity contribution >= 4 is 11.7 Å². The predicted molar refractivity (Wildman–Crippen MR) is 76.3 cm³/mol. The van der Waals surface area contributed by atoms with Gasteiger partial charge in [0.05, 0.1) is 25.0 Å². The van der Waals surface area contributed by atoms with Crippen LogP contribution in [0, 0.1) is 17.0 Å². The first-order chi connectivity index (χ1) is 9.94. The van der Waals surface area contributed by atoms with E-state index in [0.717, 1.165) is 7.11 Å². The Kier molecular flexibility index (Phi) is 6.08. The third kappa shape index (κ3) is 3.69. The molecule has 0 fully saturated rings. The van der Waals surface area contributed by atoms with Gasteiger partial charge in [-0.15, -0.1) is 0 Å². The zero-order chi connectivity index (χ0) is 16.0. The van der Waals surface area contributed by atoms with Gasteiger partial charge in [-0.05, 0) is 25.0 Å². The largest absolute Gasteiger partial charge is 0.465 e. The highest BCUT2D eigenvalue weighted by atomic mass is 19.2. The lowest BCUT2D eigenvalue weighted by atomic mass is 9.83. The number of halogens is 2. The van der Waals surface area contributed by atoms with Crippen LogP contribution in [0.5, 0.6) is 0 Å². The first-order valence-corrected chi connectivity index (χ1v) is 6.85. The maximum atomic E-state index is 13.9. The van der Waals surface area contributed by atoms with Crippen molar-refractivity contribution in [3.05, 3.63) is 29.3 Å². The molecule has 0 aromatic heterocycles. The number of aliphatic hydroxyl groups is 1. The summed E-state index contributed by atoms with van der Waals surface area (Å²) in [7, 11) is 1.10. The number of carbonyl (C=O) groups excluding carboxylic acids is 1. The first kappa shape index (κ1) is 17.4. The Bertz CT molecular complexity index is 494. The fourth-order valence-corrected chi connectivity index (χ4v) is 2.02. The minimum absolute atomic E-state index is 0.0418. The highest BCUT2D eigenvalue weighted by molar-refractivity contribution is 5.90. The molecule has 0 bridgehead atoms. The standard InChI is InChI=1S/C15H21F2NO3/c1-4-15(5-2,9-19)8-18-11-7-6-10(14(20)21-3)12(16)13(11)17/h6-7,18-19H,4-5,8-9H2,1-3H3. The summed E-state index contributed by atoms with van der Waals surface area (Å²) in [6, 6.07) is 2.46. The molecule has 2 N–H and O–H groups in total. The smallest absolute Gasteiger partial charge is 0.340 e. The molecule has 118 valence electrons. The number of ether oxygens (including phenoxy) is 1. The zero-order valence-corrected chi connectivity index (χ0v) is 12.5. The molecular weight excluding hydrogens is 280 g/mol. The summed E-state index contributed by atoms with van der Waals surface area (Å²) >= 11 is 0. The Morgan fingerprint density at radius 3 is 2.38 bits per heavy atom. The molecule has 0 unspecified atom stereocenters. The van der Waals surface area contributed by atoms with Gasteiger partial charge in [0.25, 0.3) is 0 Å². The number of esters is 1. The minimum Gasteiger partial charge on any atom is -0.465 e. The molecule has 0 aliphatic rings. The van der Waals surface area contributed by atoms with Crippen molar-refractivity contribution in [2.75, 3.05) is 25.6 Å². The molecule has 0 aliphatic carbocycles. The summed E-state index contributed by atoms with van der Waals surface area (Å²) in [5.74, 6) is -3.30. The second-order valence-electron chi connectivity index (χ2n) is 5.00. The molecule has 4 nitrogen and oxygen atoms in total. The number of anilines is 1. The number of nitrogens with one attached hydrogen (secondary N) is 1. The molecule has 1 aromatic carbocycles. The third-order valence-corrected chi connectivity index (χ3v) is 3.98. The molecule has 0 saturated heterocycles. The monoisotopic (exact) mass is 301 g/mol. The van der Waals surface area contributed by atoms with Crippen LogP contribution in [0.25, 0.3) is 0 Å². The molecule has 0 heterocycles. The van der Waals surface area contributed by atoms with Crippen LogP contribution < -0.4 is 5.32 Å². The molecular formula is C15H21F2NO3. The van der Waals surface area contributed by atoms with Crippen LogP contribution >= 0.6 is 0 Å². The lowest BCUT2D eigenvalue weighted by Crippen LogP contribution is -2.32. The predicted octanol–water partition coefficient (Wildman–Crippen LogP) is 2.96. The zero-order valence-electron chi connectivity index (χ0n) is 12.5. The number of methoxy groups -OCH3 is 1. The van der Waals surface area contributed by atoms with Crippen LogP contribution in [-0.2, 0) is 4.74 Å². The lowest BCUT2D eigenvalue weighted by Gasteiger charge is -2.30. The molecule has 0 aliphatic heterocycles. The van der Waals surface area contributed by atoms with Crippen molar-refractivity contribution in [1.82, 2.24) is 0 Å². The van der Waals surface area contributed by atoms with Crippen molar-refractivity contribution in [2.24, 2.45) is 5.41 Å². The first-order valence-electron chi connectivity index (χ1n) is 6.85. The van der Waals surface area contributed by atoms with Crippen molar-refractivity contribution in [3.8, 4) is 0 Å². The number of rotatable bonds is 7. The second kappa shape index (κ2) is 7.36. The average molecular weight is 301 g/mol. The van der Waals surface area contributed by atoms with E-state index in [1.807, 2.05) is 13.8 Å². The fraction of sp³-hybridized carbons (Fsp3) is 0.533. The van der Waals surface area contributed by atoms with Crippen LogP contribution in [0.1, 0.15) is 37.0 Å². The van der Waals surface area contributed by atoms with Gasteiger partial charge in [0.2, 0.25) is 0 Å². The average Bonchev–Trinajstić information content (AvgIpc) is 2.52. The molecule has 0 saturated carbocycles. The molecule has 0 radical (unpaired) electrons. The van der Waals surface area contributed by atoms with Gasteiger partial charge in [-0.1, -0.05) is 13.8 Å². The van der Waals surface area contributed by atoms with Gasteiger partial charge in [-0.2, -0.15) is 0 Å². The molecule has 1 rings (SSSR count). The van der Waals surface area contributed by atoms with E-state index in [1.165, 1.54) is 12.1 Å². The Hall–Kier alpha value is -1.69. The van der Waals surface area contributed by atoms with Gasteiger partial charge in [-0.3, -0.25) is 0 Å². The van der Waals surface area contributed by atoms with E-state index < -0.39 is 23.2 Å². The second-order valence-corrected chi connectivity index (χ2v) is 5.00. The highest BCUT2D eigenvalue weighted by Crippen LogP contribution is 2.28.